The lowest BCUT2D eigenvalue weighted by molar-refractivity contribution is -0.141. The molecule has 2 rings (SSSR count). The number of alkyl halides is 3. The van der Waals surface area contributed by atoms with Crippen LogP contribution in [0.25, 0.3) is 11.1 Å². The van der Waals surface area contributed by atoms with Gasteiger partial charge in [0.15, 0.2) is 0 Å². The van der Waals surface area contributed by atoms with Gasteiger partial charge >= 0.3 is 6.18 Å². The number of rotatable bonds is 1. The summed E-state index contributed by atoms with van der Waals surface area (Å²) in [5.41, 5.74) is 7.70. The summed E-state index contributed by atoms with van der Waals surface area (Å²) in [6.07, 6.45) is -3.20. The number of hydrogen-bond donors (Lipinski definition) is 1. The van der Waals surface area contributed by atoms with Crippen molar-refractivity contribution in [2.45, 2.75) is 13.1 Å². The SMILES string of the molecule is Cc1c(N)cccc1-c1ccc(C(F)(F)F)nc1. The number of nitrogens with zero attached hydrogens (tertiary/aromatic N) is 1. The van der Waals surface area contributed by atoms with Gasteiger partial charge in [-0.2, -0.15) is 13.2 Å². The van der Waals surface area contributed by atoms with E-state index in [0.29, 0.717) is 11.3 Å². The molecule has 0 fully saturated rings. The normalized spacial score (nSPS) is 11.6. The Morgan fingerprint density at radius 3 is 2.39 bits per heavy atom. The lowest BCUT2D eigenvalue weighted by Crippen LogP contribution is -2.07. The molecule has 0 saturated carbocycles. The molecular formula is C13H11F3N2. The van der Waals surface area contributed by atoms with Gasteiger partial charge in [0.1, 0.15) is 5.69 Å². The van der Waals surface area contributed by atoms with E-state index >= 15 is 0 Å². The minimum Gasteiger partial charge on any atom is -0.398 e. The summed E-state index contributed by atoms with van der Waals surface area (Å²) in [4.78, 5) is 3.43. The molecule has 0 bridgehead atoms. The molecule has 1 aromatic carbocycles. The maximum absolute atomic E-state index is 12.4. The molecule has 0 atom stereocenters. The Morgan fingerprint density at radius 1 is 1.11 bits per heavy atom. The maximum Gasteiger partial charge on any atom is 0.433 e. The zero-order chi connectivity index (χ0) is 13.3. The molecule has 0 aliphatic heterocycles. The molecular weight excluding hydrogens is 241 g/mol. The van der Waals surface area contributed by atoms with Crippen molar-refractivity contribution in [3.63, 3.8) is 0 Å². The minimum absolute atomic E-state index is 0.604. The van der Waals surface area contributed by atoms with Gasteiger partial charge in [-0.1, -0.05) is 18.2 Å². The lowest BCUT2D eigenvalue weighted by atomic mass is 10.0. The summed E-state index contributed by atoms with van der Waals surface area (Å²) in [5, 5.41) is 0. The smallest absolute Gasteiger partial charge is 0.398 e. The second-order valence-electron chi connectivity index (χ2n) is 3.95. The number of nitrogens with two attached hydrogens (primary N) is 1. The fourth-order valence-electron chi connectivity index (χ4n) is 1.69. The summed E-state index contributed by atoms with van der Waals surface area (Å²) in [6, 6.07) is 7.68. The fourth-order valence-corrected chi connectivity index (χ4v) is 1.69. The number of pyridine rings is 1. The molecule has 2 N–H and O–H groups in total. The Bertz CT molecular complexity index is 559. The van der Waals surface area contributed by atoms with Crippen LogP contribution in [0, 0.1) is 6.92 Å². The van der Waals surface area contributed by atoms with Gasteiger partial charge < -0.3 is 5.73 Å². The third-order valence-corrected chi connectivity index (χ3v) is 2.74. The monoisotopic (exact) mass is 252 g/mol. The van der Waals surface area contributed by atoms with E-state index in [9.17, 15) is 13.2 Å². The summed E-state index contributed by atoms with van der Waals surface area (Å²) in [6.45, 7) is 1.82. The molecule has 0 spiro atoms. The van der Waals surface area contributed by atoms with Crippen molar-refractivity contribution in [2.75, 3.05) is 5.73 Å². The Kier molecular flexibility index (Phi) is 2.98. The molecule has 0 unspecified atom stereocenters. The van der Waals surface area contributed by atoms with Gasteiger partial charge in [-0.05, 0) is 30.2 Å². The predicted octanol–water partition coefficient (Wildman–Crippen LogP) is 3.66. The zero-order valence-corrected chi connectivity index (χ0v) is 9.62. The third-order valence-electron chi connectivity index (χ3n) is 2.74. The van der Waals surface area contributed by atoms with Crippen molar-refractivity contribution in [3.8, 4) is 11.1 Å². The van der Waals surface area contributed by atoms with Crippen LogP contribution in [0.2, 0.25) is 0 Å². The van der Waals surface area contributed by atoms with Crippen molar-refractivity contribution in [2.24, 2.45) is 0 Å². The highest BCUT2D eigenvalue weighted by atomic mass is 19.4. The second kappa shape index (κ2) is 4.33. The van der Waals surface area contributed by atoms with Gasteiger partial charge in [0.05, 0.1) is 0 Å². The number of nitrogen functional groups attached to an aromatic ring is 1. The van der Waals surface area contributed by atoms with Gasteiger partial charge in [-0.25, -0.2) is 0 Å². The maximum atomic E-state index is 12.4. The van der Waals surface area contributed by atoms with Gasteiger partial charge in [-0.15, -0.1) is 0 Å². The molecule has 0 amide bonds. The molecule has 2 aromatic rings. The second-order valence-corrected chi connectivity index (χ2v) is 3.95. The first-order valence-electron chi connectivity index (χ1n) is 5.28. The van der Waals surface area contributed by atoms with Gasteiger partial charge in [0, 0.05) is 17.4 Å². The lowest BCUT2D eigenvalue weighted by Gasteiger charge is -2.10. The summed E-state index contributed by atoms with van der Waals surface area (Å²) in [5.74, 6) is 0. The van der Waals surface area contributed by atoms with Crippen LogP contribution >= 0.6 is 0 Å². The molecule has 0 saturated heterocycles. The quantitative estimate of drug-likeness (QED) is 0.786. The summed E-state index contributed by atoms with van der Waals surface area (Å²) < 4.78 is 37.1. The van der Waals surface area contributed by atoms with Crippen LogP contribution in [-0.4, -0.2) is 4.98 Å². The first kappa shape index (κ1) is 12.4. The Labute approximate surface area is 102 Å². The van der Waals surface area contributed by atoms with Crippen LogP contribution in [0.5, 0.6) is 0 Å². The van der Waals surface area contributed by atoms with E-state index in [1.54, 1.807) is 18.2 Å². The van der Waals surface area contributed by atoms with Gasteiger partial charge in [-0.3, -0.25) is 4.98 Å². The van der Waals surface area contributed by atoms with Crippen molar-refractivity contribution in [1.29, 1.82) is 0 Å². The number of aromatic nitrogens is 1. The average Bonchev–Trinajstić information content (AvgIpc) is 2.32. The fraction of sp³-hybridized carbons (Fsp3) is 0.154. The van der Waals surface area contributed by atoms with Crippen LogP contribution in [0.15, 0.2) is 36.5 Å². The van der Waals surface area contributed by atoms with Crippen molar-refractivity contribution in [3.05, 3.63) is 47.8 Å². The van der Waals surface area contributed by atoms with E-state index in [1.165, 1.54) is 12.3 Å². The van der Waals surface area contributed by atoms with E-state index in [4.69, 9.17) is 5.73 Å². The highest BCUT2D eigenvalue weighted by Gasteiger charge is 2.32. The molecule has 94 valence electrons. The van der Waals surface area contributed by atoms with Gasteiger partial charge in [0.2, 0.25) is 0 Å². The number of benzene rings is 1. The Hall–Kier alpha value is -2.04. The van der Waals surface area contributed by atoms with E-state index < -0.39 is 11.9 Å². The average molecular weight is 252 g/mol. The van der Waals surface area contributed by atoms with Crippen LogP contribution in [0.3, 0.4) is 0 Å². The van der Waals surface area contributed by atoms with Crippen LogP contribution in [0.4, 0.5) is 18.9 Å². The van der Waals surface area contributed by atoms with E-state index in [0.717, 1.165) is 17.2 Å². The largest absolute Gasteiger partial charge is 0.433 e. The number of anilines is 1. The molecule has 2 nitrogen and oxygen atoms in total. The van der Waals surface area contributed by atoms with Crippen LogP contribution < -0.4 is 5.73 Å². The molecule has 0 radical (unpaired) electrons. The highest BCUT2D eigenvalue weighted by Crippen LogP contribution is 2.30. The molecule has 0 aliphatic carbocycles. The third kappa shape index (κ3) is 2.30. The van der Waals surface area contributed by atoms with E-state index in [-0.39, 0.29) is 0 Å². The first-order chi connectivity index (χ1) is 8.39. The summed E-state index contributed by atoms with van der Waals surface area (Å²) in [7, 11) is 0. The Morgan fingerprint density at radius 2 is 1.83 bits per heavy atom. The first-order valence-corrected chi connectivity index (χ1v) is 5.28. The zero-order valence-electron chi connectivity index (χ0n) is 9.62. The molecule has 18 heavy (non-hydrogen) atoms. The van der Waals surface area contributed by atoms with Crippen molar-refractivity contribution < 1.29 is 13.2 Å². The van der Waals surface area contributed by atoms with Crippen LogP contribution in [0.1, 0.15) is 11.3 Å². The summed E-state index contributed by atoms with van der Waals surface area (Å²) >= 11 is 0. The standard InChI is InChI=1S/C13H11F3N2/c1-8-10(3-2-4-11(8)17)9-5-6-12(18-7-9)13(14,15)16/h2-7H,17H2,1H3. The van der Waals surface area contributed by atoms with E-state index in [2.05, 4.69) is 4.98 Å². The molecule has 1 heterocycles. The number of halogens is 3. The number of hydrogen-bond acceptors (Lipinski definition) is 2. The van der Waals surface area contributed by atoms with E-state index in [1.807, 2.05) is 6.92 Å². The topological polar surface area (TPSA) is 38.9 Å². The molecule has 5 heteroatoms. The molecule has 1 aromatic heterocycles. The molecule has 0 aliphatic rings. The minimum atomic E-state index is -4.41. The highest BCUT2D eigenvalue weighted by molar-refractivity contribution is 5.72. The van der Waals surface area contributed by atoms with Crippen molar-refractivity contribution >= 4 is 5.69 Å². The predicted molar refractivity (Wildman–Crippen MR) is 63.8 cm³/mol. The van der Waals surface area contributed by atoms with Crippen molar-refractivity contribution in [1.82, 2.24) is 4.98 Å². The van der Waals surface area contributed by atoms with Gasteiger partial charge in [0.25, 0.3) is 0 Å². The Balaban J connectivity index is 2.44. The van der Waals surface area contributed by atoms with Crippen LogP contribution in [-0.2, 0) is 6.18 Å².